The van der Waals surface area contributed by atoms with E-state index < -0.39 is 11.6 Å². The van der Waals surface area contributed by atoms with Gasteiger partial charge in [0, 0.05) is 73.7 Å². The summed E-state index contributed by atoms with van der Waals surface area (Å²) in [7, 11) is 1.59. The van der Waals surface area contributed by atoms with Gasteiger partial charge in [0.15, 0.2) is 17.1 Å². The van der Waals surface area contributed by atoms with E-state index in [-0.39, 0.29) is 16.9 Å². The number of hydrogen-bond donors (Lipinski definition) is 1. The van der Waals surface area contributed by atoms with Crippen molar-refractivity contribution in [2.45, 2.75) is 51.4 Å². The number of benzene rings is 1. The summed E-state index contributed by atoms with van der Waals surface area (Å²) >= 11 is 0. The van der Waals surface area contributed by atoms with E-state index >= 15 is 0 Å². The molecule has 1 aromatic carbocycles. The number of fused-ring (bicyclic) bond motifs is 3. The Morgan fingerprint density at radius 3 is 2.73 bits per heavy atom. The fraction of sp³-hybridized carbons (Fsp3) is 0.367. The Kier molecular flexibility index (Phi) is 7.10. The largest absolute Gasteiger partial charge is 0.481 e. The molecule has 10 heteroatoms. The molecule has 3 aromatic heterocycles. The maximum Gasteiger partial charge on any atom is 0.213 e. The highest BCUT2D eigenvalue weighted by molar-refractivity contribution is 5.80. The highest BCUT2D eigenvalue weighted by Crippen LogP contribution is 2.29. The Balaban J connectivity index is 1.40. The van der Waals surface area contributed by atoms with Gasteiger partial charge in [-0.2, -0.15) is 0 Å². The van der Waals surface area contributed by atoms with Gasteiger partial charge in [0.05, 0.1) is 24.5 Å². The Hall–Kier alpha value is -4.05. The number of ether oxygens (including phenoxy) is 1. The van der Waals surface area contributed by atoms with Crippen molar-refractivity contribution in [2.75, 3.05) is 30.8 Å². The van der Waals surface area contributed by atoms with E-state index in [1.807, 2.05) is 22.8 Å². The molecule has 6 rings (SSSR count). The van der Waals surface area contributed by atoms with Crippen molar-refractivity contribution in [3.8, 4) is 5.88 Å². The van der Waals surface area contributed by atoms with Crippen LogP contribution in [0.2, 0.25) is 0 Å². The van der Waals surface area contributed by atoms with Crippen LogP contribution in [0.4, 0.5) is 20.3 Å². The third-order valence-electron chi connectivity index (χ3n) is 8.12. The van der Waals surface area contributed by atoms with Gasteiger partial charge in [-0.15, -0.1) is 0 Å². The van der Waals surface area contributed by atoms with Crippen LogP contribution in [0.15, 0.2) is 53.6 Å². The van der Waals surface area contributed by atoms with Gasteiger partial charge >= 0.3 is 0 Å². The fourth-order valence-electron chi connectivity index (χ4n) is 6.14. The van der Waals surface area contributed by atoms with E-state index in [1.54, 1.807) is 25.6 Å². The molecule has 1 fully saturated rings. The number of aryl methyl sites for hydroxylation is 1. The van der Waals surface area contributed by atoms with Gasteiger partial charge < -0.3 is 19.9 Å². The predicted molar refractivity (Wildman–Crippen MR) is 150 cm³/mol. The molecule has 8 nitrogen and oxygen atoms in total. The van der Waals surface area contributed by atoms with Crippen molar-refractivity contribution < 1.29 is 13.5 Å². The molecule has 40 heavy (non-hydrogen) atoms. The summed E-state index contributed by atoms with van der Waals surface area (Å²) in [5, 5.41) is 0.225. The summed E-state index contributed by atoms with van der Waals surface area (Å²) in [5.41, 5.74) is 9.64. The van der Waals surface area contributed by atoms with Gasteiger partial charge in [-0.05, 0) is 55.5 Å². The number of halogens is 2. The SMILES string of the molecule is COc1cc(CN(Cc2c3n(c4cc(F)c(F)cc4c2=O)CCC3)[C@H]2CCCN(c3ccc(N)nc3)C2)ccn1. The molecule has 0 spiro atoms. The van der Waals surface area contributed by atoms with Crippen molar-refractivity contribution in [2.24, 2.45) is 0 Å². The van der Waals surface area contributed by atoms with Gasteiger partial charge in [0.2, 0.25) is 5.88 Å². The zero-order chi connectivity index (χ0) is 27.8. The van der Waals surface area contributed by atoms with E-state index in [1.165, 1.54) is 0 Å². The first-order chi connectivity index (χ1) is 19.4. The molecule has 0 unspecified atom stereocenters. The van der Waals surface area contributed by atoms with E-state index in [0.717, 1.165) is 67.9 Å². The van der Waals surface area contributed by atoms with Gasteiger partial charge in [-0.1, -0.05) is 0 Å². The van der Waals surface area contributed by atoms with Crippen molar-refractivity contribution >= 4 is 22.4 Å². The molecule has 0 bridgehead atoms. The second-order valence-corrected chi connectivity index (χ2v) is 10.6. The minimum atomic E-state index is -1.00. The third kappa shape index (κ3) is 4.99. The lowest BCUT2D eigenvalue weighted by molar-refractivity contribution is 0.157. The number of rotatable bonds is 7. The van der Waals surface area contributed by atoms with Crippen LogP contribution in [0, 0.1) is 11.6 Å². The number of nitrogens with zero attached hydrogens (tertiary/aromatic N) is 5. The summed E-state index contributed by atoms with van der Waals surface area (Å²) in [6.07, 6.45) is 7.03. The second kappa shape index (κ2) is 10.8. The Bertz CT molecular complexity index is 1610. The van der Waals surface area contributed by atoms with E-state index in [0.29, 0.717) is 42.4 Å². The van der Waals surface area contributed by atoms with E-state index in [9.17, 15) is 13.6 Å². The Morgan fingerprint density at radius 1 is 1.07 bits per heavy atom. The van der Waals surface area contributed by atoms with Gasteiger partial charge in [0.25, 0.3) is 0 Å². The lowest BCUT2D eigenvalue weighted by Crippen LogP contribution is -2.48. The molecule has 208 valence electrons. The maximum atomic E-state index is 14.3. The van der Waals surface area contributed by atoms with Crippen LogP contribution in [0.25, 0.3) is 10.9 Å². The number of aromatic nitrogens is 3. The number of anilines is 2. The smallest absolute Gasteiger partial charge is 0.213 e. The van der Waals surface area contributed by atoms with Crippen molar-refractivity contribution in [1.82, 2.24) is 19.4 Å². The van der Waals surface area contributed by atoms with E-state index in [4.69, 9.17) is 10.5 Å². The topological polar surface area (TPSA) is 89.5 Å². The van der Waals surface area contributed by atoms with Crippen LogP contribution in [0.5, 0.6) is 5.88 Å². The minimum absolute atomic E-state index is 0.132. The third-order valence-corrected chi connectivity index (χ3v) is 8.12. The molecular weight excluding hydrogens is 514 g/mol. The van der Waals surface area contributed by atoms with Gasteiger partial charge in [-0.3, -0.25) is 9.69 Å². The zero-order valence-electron chi connectivity index (χ0n) is 22.4. The highest BCUT2D eigenvalue weighted by atomic mass is 19.2. The molecule has 1 saturated heterocycles. The van der Waals surface area contributed by atoms with Crippen LogP contribution in [0.1, 0.15) is 36.1 Å². The maximum absolute atomic E-state index is 14.3. The first-order valence-corrected chi connectivity index (χ1v) is 13.6. The lowest BCUT2D eigenvalue weighted by atomic mass is 10.00. The summed E-state index contributed by atoms with van der Waals surface area (Å²) in [6.45, 7) is 3.30. The standard InChI is InChI=1S/C30H32F2N6O2/c1-40-29-12-19(8-9-34-29)16-37(21-4-2-10-36(17-21)20-6-7-28(33)35-15-20)18-23-26-5-3-11-38(26)27-14-25(32)24(31)13-22(27)30(23)39/h6-9,12-15,21H,2-5,10-11,16-18H2,1H3,(H2,33,35)/t21-/m0/s1. The summed E-state index contributed by atoms with van der Waals surface area (Å²) in [5.74, 6) is -0.934. The number of nitrogen functional groups attached to an aromatic ring is 1. The molecule has 5 heterocycles. The lowest BCUT2D eigenvalue weighted by Gasteiger charge is -2.40. The average Bonchev–Trinajstić information content (AvgIpc) is 3.46. The average molecular weight is 547 g/mol. The number of nitrogens with two attached hydrogens (primary N) is 1. The second-order valence-electron chi connectivity index (χ2n) is 10.6. The normalized spacial score (nSPS) is 17.0. The molecule has 0 amide bonds. The number of hydrogen-bond acceptors (Lipinski definition) is 7. The summed E-state index contributed by atoms with van der Waals surface area (Å²) in [6, 6.07) is 10.00. The number of piperidine rings is 1. The first kappa shape index (κ1) is 26.2. The molecule has 1 atom stereocenters. The number of methoxy groups -OCH3 is 1. The quantitative estimate of drug-likeness (QED) is 0.370. The molecular formula is C30H32F2N6O2. The van der Waals surface area contributed by atoms with Crippen LogP contribution >= 0.6 is 0 Å². The monoisotopic (exact) mass is 546 g/mol. The van der Waals surface area contributed by atoms with Crippen LogP contribution in [-0.4, -0.2) is 45.7 Å². The molecule has 4 aromatic rings. The molecule has 0 saturated carbocycles. The molecule has 0 radical (unpaired) electrons. The predicted octanol–water partition coefficient (Wildman–Crippen LogP) is 4.28. The molecule has 2 N–H and O–H groups in total. The van der Waals surface area contributed by atoms with Gasteiger partial charge in [-0.25, -0.2) is 18.7 Å². The van der Waals surface area contributed by atoms with E-state index in [2.05, 4.69) is 19.8 Å². The fourth-order valence-corrected chi connectivity index (χ4v) is 6.14. The zero-order valence-corrected chi connectivity index (χ0v) is 22.4. The molecule has 2 aliphatic rings. The Morgan fingerprint density at radius 2 is 1.93 bits per heavy atom. The van der Waals surface area contributed by atoms with Crippen molar-refractivity contribution in [3.63, 3.8) is 0 Å². The van der Waals surface area contributed by atoms with Crippen molar-refractivity contribution in [3.05, 3.63) is 87.5 Å². The highest BCUT2D eigenvalue weighted by Gasteiger charge is 2.29. The Labute approximate surface area is 231 Å². The van der Waals surface area contributed by atoms with Crippen LogP contribution in [-0.2, 0) is 26.1 Å². The number of pyridine rings is 3. The minimum Gasteiger partial charge on any atom is -0.481 e. The summed E-state index contributed by atoms with van der Waals surface area (Å²) < 4.78 is 35.8. The first-order valence-electron chi connectivity index (χ1n) is 13.6. The van der Waals surface area contributed by atoms with Gasteiger partial charge in [0.1, 0.15) is 5.82 Å². The van der Waals surface area contributed by atoms with Crippen molar-refractivity contribution in [1.29, 1.82) is 0 Å². The summed E-state index contributed by atoms with van der Waals surface area (Å²) in [4.78, 5) is 27.0. The molecule has 0 aliphatic carbocycles. The molecule has 2 aliphatic heterocycles. The van der Waals surface area contributed by atoms with Crippen LogP contribution in [0.3, 0.4) is 0 Å². The van der Waals surface area contributed by atoms with Crippen LogP contribution < -0.4 is 20.8 Å².